The number of hydrogen-bond donors (Lipinski definition) is 2. The van der Waals surface area contributed by atoms with Crippen LogP contribution in [0.5, 0.6) is 11.6 Å². The van der Waals surface area contributed by atoms with Crippen molar-refractivity contribution in [1.82, 2.24) is 4.98 Å². The highest BCUT2D eigenvalue weighted by Gasteiger charge is 2.05. The Morgan fingerprint density at radius 3 is 2.64 bits per heavy atom. The summed E-state index contributed by atoms with van der Waals surface area (Å²) in [5.41, 5.74) is 0. The van der Waals surface area contributed by atoms with Crippen LogP contribution in [0.3, 0.4) is 0 Å². The number of carboxylic acid groups (broad SMARTS) is 1. The number of nitrogens with zero attached hydrogens (tertiary/aromatic N) is 1. The first-order valence-corrected chi connectivity index (χ1v) is 3.75. The second kappa shape index (κ2) is 4.31. The number of aromatic nitrogens is 1. The van der Waals surface area contributed by atoms with Crippen molar-refractivity contribution in [3.8, 4) is 11.6 Å². The van der Waals surface area contributed by atoms with Gasteiger partial charge < -0.3 is 14.6 Å². The molecule has 0 aromatic carbocycles. The van der Waals surface area contributed by atoms with Gasteiger partial charge >= 0.3 is 6.09 Å². The quantitative estimate of drug-likeness (QED) is 0.762. The molecule has 0 spiro atoms. The predicted octanol–water partition coefficient (Wildman–Crippen LogP) is 1.19. The fourth-order valence-electron chi connectivity index (χ4n) is 0.877. The molecular formula is C8H10N2O4. The van der Waals surface area contributed by atoms with Gasteiger partial charge in [0.2, 0.25) is 5.88 Å². The van der Waals surface area contributed by atoms with Crippen LogP contribution >= 0.6 is 0 Å². The van der Waals surface area contributed by atoms with Gasteiger partial charge in [0.05, 0.1) is 14.2 Å². The van der Waals surface area contributed by atoms with E-state index in [0.29, 0.717) is 5.75 Å². The van der Waals surface area contributed by atoms with Gasteiger partial charge in [-0.2, -0.15) is 4.98 Å². The molecule has 14 heavy (non-hydrogen) atoms. The first-order chi connectivity index (χ1) is 6.65. The zero-order valence-corrected chi connectivity index (χ0v) is 7.77. The van der Waals surface area contributed by atoms with E-state index in [4.69, 9.17) is 14.6 Å². The zero-order chi connectivity index (χ0) is 10.6. The Morgan fingerprint density at radius 2 is 2.14 bits per heavy atom. The molecule has 0 bridgehead atoms. The van der Waals surface area contributed by atoms with E-state index in [1.54, 1.807) is 6.07 Å². The summed E-state index contributed by atoms with van der Waals surface area (Å²) in [7, 11) is 2.91. The average molecular weight is 198 g/mol. The Hall–Kier alpha value is -1.98. The second-order valence-electron chi connectivity index (χ2n) is 2.36. The summed E-state index contributed by atoms with van der Waals surface area (Å²) in [5, 5.41) is 10.6. The van der Waals surface area contributed by atoms with E-state index in [0.717, 1.165) is 0 Å². The number of amides is 1. The molecule has 0 aliphatic heterocycles. The monoisotopic (exact) mass is 198 g/mol. The van der Waals surface area contributed by atoms with Crippen LogP contribution in [0, 0.1) is 0 Å². The van der Waals surface area contributed by atoms with Crippen molar-refractivity contribution < 1.29 is 19.4 Å². The molecular weight excluding hydrogens is 188 g/mol. The Bertz CT molecular complexity index is 318. The van der Waals surface area contributed by atoms with Crippen molar-refractivity contribution in [3.63, 3.8) is 0 Å². The van der Waals surface area contributed by atoms with Gasteiger partial charge in [-0.15, -0.1) is 0 Å². The molecule has 0 unspecified atom stereocenters. The molecule has 0 fully saturated rings. The molecule has 6 heteroatoms. The number of methoxy groups -OCH3 is 2. The van der Waals surface area contributed by atoms with E-state index >= 15 is 0 Å². The van der Waals surface area contributed by atoms with E-state index in [2.05, 4.69) is 10.3 Å². The van der Waals surface area contributed by atoms with Crippen molar-refractivity contribution in [2.24, 2.45) is 0 Å². The Kier molecular flexibility index (Phi) is 3.11. The standard InChI is InChI=1S/C8H10N2O4/c1-13-5-3-6(10-8(11)12)9-7(4-5)14-2/h3-4H,1-2H3,(H,9,10)(H,11,12). The normalized spacial score (nSPS) is 9.29. The highest BCUT2D eigenvalue weighted by atomic mass is 16.5. The van der Waals surface area contributed by atoms with Crippen LogP contribution < -0.4 is 14.8 Å². The second-order valence-corrected chi connectivity index (χ2v) is 2.36. The summed E-state index contributed by atoms with van der Waals surface area (Å²) < 4.78 is 9.78. The zero-order valence-electron chi connectivity index (χ0n) is 7.77. The smallest absolute Gasteiger partial charge is 0.410 e. The van der Waals surface area contributed by atoms with E-state index < -0.39 is 6.09 Å². The third-order valence-electron chi connectivity index (χ3n) is 1.46. The summed E-state index contributed by atoms with van der Waals surface area (Å²) in [6.45, 7) is 0. The molecule has 2 N–H and O–H groups in total. The largest absolute Gasteiger partial charge is 0.496 e. The molecule has 1 amide bonds. The van der Waals surface area contributed by atoms with Crippen molar-refractivity contribution >= 4 is 11.9 Å². The summed E-state index contributed by atoms with van der Waals surface area (Å²) in [5.74, 6) is 0.919. The van der Waals surface area contributed by atoms with Crippen LogP contribution in [0.15, 0.2) is 12.1 Å². The Morgan fingerprint density at radius 1 is 1.43 bits per heavy atom. The first-order valence-electron chi connectivity index (χ1n) is 3.75. The van der Waals surface area contributed by atoms with Gasteiger partial charge in [-0.05, 0) is 0 Å². The molecule has 0 saturated heterocycles. The number of anilines is 1. The van der Waals surface area contributed by atoms with E-state index in [1.807, 2.05) is 0 Å². The average Bonchev–Trinajstić information content (AvgIpc) is 2.16. The summed E-state index contributed by atoms with van der Waals surface area (Å²) >= 11 is 0. The molecule has 0 aliphatic rings. The summed E-state index contributed by atoms with van der Waals surface area (Å²) in [6.07, 6.45) is -1.19. The van der Waals surface area contributed by atoms with Gasteiger partial charge in [0.15, 0.2) is 0 Å². The van der Waals surface area contributed by atoms with Gasteiger partial charge in [0.1, 0.15) is 11.6 Å². The molecule has 0 atom stereocenters. The molecule has 0 radical (unpaired) electrons. The first kappa shape index (κ1) is 10.1. The Balaban J connectivity index is 2.98. The number of hydrogen-bond acceptors (Lipinski definition) is 4. The lowest BCUT2D eigenvalue weighted by atomic mass is 10.4. The van der Waals surface area contributed by atoms with Crippen molar-refractivity contribution in [2.45, 2.75) is 0 Å². The maximum Gasteiger partial charge on any atom is 0.410 e. The van der Waals surface area contributed by atoms with Crippen LogP contribution in [-0.4, -0.2) is 30.4 Å². The molecule has 0 saturated carbocycles. The molecule has 76 valence electrons. The summed E-state index contributed by atoms with van der Waals surface area (Å²) in [4.78, 5) is 14.2. The lowest BCUT2D eigenvalue weighted by Crippen LogP contribution is -2.09. The topological polar surface area (TPSA) is 80.7 Å². The van der Waals surface area contributed by atoms with Crippen LogP contribution in [0.4, 0.5) is 10.6 Å². The fourth-order valence-corrected chi connectivity index (χ4v) is 0.877. The van der Waals surface area contributed by atoms with Gasteiger partial charge in [-0.1, -0.05) is 0 Å². The van der Waals surface area contributed by atoms with Crippen LogP contribution in [0.1, 0.15) is 0 Å². The van der Waals surface area contributed by atoms with Crippen molar-refractivity contribution in [1.29, 1.82) is 0 Å². The number of ether oxygens (including phenoxy) is 2. The molecule has 1 rings (SSSR count). The van der Waals surface area contributed by atoms with Crippen LogP contribution in [0.2, 0.25) is 0 Å². The van der Waals surface area contributed by atoms with E-state index in [9.17, 15) is 4.79 Å². The SMILES string of the molecule is COc1cc(NC(=O)O)nc(OC)c1. The lowest BCUT2D eigenvalue weighted by Gasteiger charge is -2.06. The van der Waals surface area contributed by atoms with E-state index in [1.165, 1.54) is 20.3 Å². The Labute approximate surface area is 80.5 Å². The molecule has 1 aromatic heterocycles. The minimum absolute atomic E-state index is 0.161. The number of pyridine rings is 1. The van der Waals surface area contributed by atoms with E-state index in [-0.39, 0.29) is 11.7 Å². The van der Waals surface area contributed by atoms with Gasteiger partial charge in [-0.25, -0.2) is 4.79 Å². The maximum absolute atomic E-state index is 10.3. The fraction of sp³-hybridized carbons (Fsp3) is 0.250. The maximum atomic E-state index is 10.3. The number of carbonyl (C=O) groups is 1. The highest BCUT2D eigenvalue weighted by molar-refractivity contribution is 5.81. The molecule has 1 aromatic rings. The minimum Gasteiger partial charge on any atom is -0.496 e. The predicted molar refractivity (Wildman–Crippen MR) is 49.0 cm³/mol. The molecule has 0 aliphatic carbocycles. The van der Waals surface area contributed by atoms with Crippen molar-refractivity contribution in [2.75, 3.05) is 19.5 Å². The molecule has 6 nitrogen and oxygen atoms in total. The molecule has 1 heterocycles. The number of nitrogens with one attached hydrogen (secondary N) is 1. The highest BCUT2D eigenvalue weighted by Crippen LogP contribution is 2.21. The lowest BCUT2D eigenvalue weighted by molar-refractivity contribution is 0.209. The van der Waals surface area contributed by atoms with Crippen LogP contribution in [-0.2, 0) is 0 Å². The van der Waals surface area contributed by atoms with Gasteiger partial charge in [-0.3, -0.25) is 5.32 Å². The van der Waals surface area contributed by atoms with Crippen molar-refractivity contribution in [3.05, 3.63) is 12.1 Å². The minimum atomic E-state index is -1.19. The van der Waals surface area contributed by atoms with Gasteiger partial charge in [0, 0.05) is 12.1 Å². The number of rotatable bonds is 3. The third-order valence-corrected chi connectivity index (χ3v) is 1.46. The summed E-state index contributed by atoms with van der Waals surface area (Å²) in [6, 6.07) is 3.00. The third kappa shape index (κ3) is 2.51. The van der Waals surface area contributed by atoms with Gasteiger partial charge in [0.25, 0.3) is 0 Å². The van der Waals surface area contributed by atoms with Crippen LogP contribution in [0.25, 0.3) is 0 Å².